The highest BCUT2D eigenvalue weighted by Gasteiger charge is 2.34. The molecule has 3 nitrogen and oxygen atoms in total. The minimum absolute atomic E-state index is 0.0824. The first-order valence-corrected chi connectivity index (χ1v) is 7.09. The molecule has 1 heterocycles. The van der Waals surface area contributed by atoms with Crippen molar-refractivity contribution in [1.29, 1.82) is 0 Å². The zero-order valence-corrected chi connectivity index (χ0v) is 12.4. The summed E-state index contributed by atoms with van der Waals surface area (Å²) in [6.07, 6.45) is -2.60. The smallest absolute Gasteiger partial charge is 0.258 e. The molecule has 1 saturated heterocycles. The van der Waals surface area contributed by atoms with Crippen molar-refractivity contribution in [3.63, 3.8) is 0 Å². The van der Waals surface area contributed by atoms with Gasteiger partial charge in [-0.25, -0.2) is 8.78 Å². The van der Waals surface area contributed by atoms with Crippen LogP contribution in [0.1, 0.15) is 11.6 Å². The third-order valence-corrected chi connectivity index (χ3v) is 4.19. The molecular formula is C12H14BrClF2N2O. The van der Waals surface area contributed by atoms with Crippen LogP contribution in [0.15, 0.2) is 16.6 Å². The fourth-order valence-corrected chi connectivity index (χ4v) is 2.99. The molecule has 0 bridgehead atoms. The third kappa shape index (κ3) is 3.18. The highest BCUT2D eigenvalue weighted by molar-refractivity contribution is 9.10. The van der Waals surface area contributed by atoms with Crippen molar-refractivity contribution in [1.82, 2.24) is 10.2 Å². The topological polar surface area (TPSA) is 35.5 Å². The summed E-state index contributed by atoms with van der Waals surface area (Å²) < 4.78 is 27.3. The van der Waals surface area contributed by atoms with Gasteiger partial charge in [0, 0.05) is 36.2 Å². The lowest BCUT2D eigenvalue weighted by Crippen LogP contribution is -2.47. The molecule has 1 aliphatic rings. The van der Waals surface area contributed by atoms with Crippen LogP contribution in [0.2, 0.25) is 5.02 Å². The molecule has 0 radical (unpaired) electrons. The predicted molar refractivity (Wildman–Crippen MR) is 74.0 cm³/mol. The molecule has 0 aliphatic carbocycles. The highest BCUT2D eigenvalue weighted by Crippen LogP contribution is 2.42. The van der Waals surface area contributed by atoms with Crippen LogP contribution in [0.4, 0.5) is 8.78 Å². The Morgan fingerprint density at radius 1 is 1.32 bits per heavy atom. The molecule has 7 heteroatoms. The zero-order valence-electron chi connectivity index (χ0n) is 10.0. The Bertz CT molecular complexity index is 456. The molecule has 1 aliphatic heterocycles. The fraction of sp³-hybridized carbons (Fsp3) is 0.500. The summed E-state index contributed by atoms with van der Waals surface area (Å²) in [5, 5.41) is 13.2. The van der Waals surface area contributed by atoms with Crippen LogP contribution in [-0.2, 0) is 0 Å². The maximum absolute atomic E-state index is 13.4. The lowest BCUT2D eigenvalue weighted by molar-refractivity contribution is 0.0166. The van der Waals surface area contributed by atoms with Gasteiger partial charge < -0.3 is 10.4 Å². The van der Waals surface area contributed by atoms with Crippen LogP contribution >= 0.6 is 27.5 Å². The maximum atomic E-state index is 13.4. The second-order valence-electron chi connectivity index (χ2n) is 4.36. The van der Waals surface area contributed by atoms with E-state index in [4.69, 9.17) is 11.6 Å². The van der Waals surface area contributed by atoms with Gasteiger partial charge in [0.2, 0.25) is 0 Å². The Kier molecular flexibility index (Phi) is 5.00. The van der Waals surface area contributed by atoms with E-state index in [0.717, 1.165) is 0 Å². The quantitative estimate of drug-likeness (QED) is 0.875. The molecule has 1 aromatic carbocycles. The molecule has 1 aromatic rings. The molecule has 19 heavy (non-hydrogen) atoms. The van der Waals surface area contributed by atoms with Crippen molar-refractivity contribution >= 4 is 27.5 Å². The Morgan fingerprint density at radius 3 is 2.53 bits per heavy atom. The number of aromatic hydroxyl groups is 1. The summed E-state index contributed by atoms with van der Waals surface area (Å²) in [4.78, 5) is 1.66. The van der Waals surface area contributed by atoms with Crippen molar-refractivity contribution in [3.8, 4) is 5.75 Å². The fourth-order valence-electron chi connectivity index (χ4n) is 2.27. The van der Waals surface area contributed by atoms with Gasteiger partial charge in [-0.1, -0.05) is 27.5 Å². The molecule has 0 aromatic heterocycles. The van der Waals surface area contributed by atoms with E-state index in [1.807, 2.05) is 0 Å². The van der Waals surface area contributed by atoms with Gasteiger partial charge in [0.15, 0.2) is 0 Å². The Morgan fingerprint density at radius 2 is 1.95 bits per heavy atom. The minimum atomic E-state index is -2.60. The normalized spacial score (nSPS) is 18.8. The number of benzene rings is 1. The number of nitrogens with one attached hydrogen (secondary N) is 1. The van der Waals surface area contributed by atoms with Crippen LogP contribution in [0, 0.1) is 0 Å². The van der Waals surface area contributed by atoms with Crippen molar-refractivity contribution in [2.75, 3.05) is 26.2 Å². The highest BCUT2D eigenvalue weighted by atomic mass is 79.9. The first kappa shape index (κ1) is 15.0. The molecule has 2 rings (SSSR count). The van der Waals surface area contributed by atoms with E-state index in [1.165, 1.54) is 6.07 Å². The van der Waals surface area contributed by atoms with Crippen LogP contribution in [0.5, 0.6) is 5.75 Å². The summed E-state index contributed by atoms with van der Waals surface area (Å²) in [6.45, 7) is 2.32. The summed E-state index contributed by atoms with van der Waals surface area (Å²) >= 11 is 9.05. The van der Waals surface area contributed by atoms with E-state index in [1.54, 1.807) is 11.0 Å². The van der Waals surface area contributed by atoms with Crippen LogP contribution in [0.25, 0.3) is 0 Å². The van der Waals surface area contributed by atoms with Gasteiger partial charge >= 0.3 is 0 Å². The molecule has 2 N–H and O–H groups in total. The summed E-state index contributed by atoms with van der Waals surface area (Å²) in [6, 6.07) is 1.90. The second kappa shape index (κ2) is 6.35. The van der Waals surface area contributed by atoms with E-state index in [-0.39, 0.29) is 16.3 Å². The molecule has 1 atom stereocenters. The van der Waals surface area contributed by atoms with Crippen molar-refractivity contribution in [3.05, 3.63) is 27.2 Å². The van der Waals surface area contributed by atoms with Gasteiger partial charge in [0.1, 0.15) is 11.8 Å². The van der Waals surface area contributed by atoms with Gasteiger partial charge in [-0.05, 0) is 12.1 Å². The Hall–Kier alpha value is -0.430. The standard InChI is InChI=1S/C12H14BrClF2N2O/c13-7-1-2-8(14)11(19)9(7)10(12(15)16)18-5-3-17-4-6-18/h1-2,10,12,17,19H,3-6H2/t10-/m0/s1. The Labute approximate surface area is 123 Å². The van der Waals surface area contributed by atoms with Gasteiger partial charge in [0.25, 0.3) is 6.43 Å². The number of phenols is 1. The minimum Gasteiger partial charge on any atom is -0.506 e. The number of halogens is 4. The number of hydrogen-bond donors (Lipinski definition) is 2. The number of piperazine rings is 1. The first-order valence-electron chi connectivity index (χ1n) is 5.92. The number of nitrogens with zero attached hydrogens (tertiary/aromatic N) is 1. The van der Waals surface area contributed by atoms with E-state index >= 15 is 0 Å². The first-order chi connectivity index (χ1) is 9.02. The van der Waals surface area contributed by atoms with Gasteiger partial charge in [0.05, 0.1) is 5.02 Å². The number of hydrogen-bond acceptors (Lipinski definition) is 3. The second-order valence-corrected chi connectivity index (χ2v) is 5.62. The number of phenolic OH excluding ortho intramolecular Hbond substituents is 1. The van der Waals surface area contributed by atoms with Crippen molar-refractivity contribution in [2.24, 2.45) is 0 Å². The van der Waals surface area contributed by atoms with Crippen LogP contribution in [0.3, 0.4) is 0 Å². The van der Waals surface area contributed by atoms with E-state index in [9.17, 15) is 13.9 Å². The van der Waals surface area contributed by atoms with E-state index in [2.05, 4.69) is 21.2 Å². The maximum Gasteiger partial charge on any atom is 0.258 e. The van der Waals surface area contributed by atoms with Crippen molar-refractivity contribution in [2.45, 2.75) is 12.5 Å². The Balaban J connectivity index is 2.41. The summed E-state index contributed by atoms with van der Waals surface area (Å²) in [7, 11) is 0. The number of rotatable bonds is 3. The SMILES string of the molecule is Oc1c(Cl)ccc(Br)c1[C@@H](C(F)F)N1CCNCC1. The molecule has 1 fully saturated rings. The van der Waals surface area contributed by atoms with Gasteiger partial charge in [-0.3, -0.25) is 4.90 Å². The third-order valence-electron chi connectivity index (χ3n) is 3.19. The lowest BCUT2D eigenvalue weighted by atomic mass is 10.0. The molecule has 106 valence electrons. The predicted octanol–water partition coefficient (Wildman–Crippen LogP) is 3.02. The van der Waals surface area contributed by atoms with Crippen LogP contribution < -0.4 is 5.32 Å². The monoisotopic (exact) mass is 354 g/mol. The average Bonchev–Trinajstić information content (AvgIpc) is 2.39. The van der Waals surface area contributed by atoms with Crippen molar-refractivity contribution < 1.29 is 13.9 Å². The zero-order chi connectivity index (χ0) is 14.0. The van der Waals surface area contributed by atoms with E-state index < -0.39 is 12.5 Å². The van der Waals surface area contributed by atoms with Crippen LogP contribution in [-0.4, -0.2) is 42.6 Å². The molecule has 0 saturated carbocycles. The molecule has 0 unspecified atom stereocenters. The van der Waals surface area contributed by atoms with Gasteiger partial charge in [-0.2, -0.15) is 0 Å². The average molecular weight is 356 g/mol. The number of alkyl halides is 2. The largest absolute Gasteiger partial charge is 0.506 e. The summed E-state index contributed by atoms with van der Waals surface area (Å²) in [5.74, 6) is -0.278. The molecule has 0 spiro atoms. The van der Waals surface area contributed by atoms with Gasteiger partial charge in [-0.15, -0.1) is 0 Å². The molecule has 0 amide bonds. The lowest BCUT2D eigenvalue weighted by Gasteiger charge is -2.35. The summed E-state index contributed by atoms with van der Waals surface area (Å²) in [5.41, 5.74) is 0.157. The van der Waals surface area contributed by atoms with E-state index in [0.29, 0.717) is 30.7 Å². The molecular weight excluding hydrogens is 341 g/mol.